The number of carbonyl (C=O) groups excluding carboxylic acids is 2. The lowest BCUT2D eigenvalue weighted by atomic mass is 9.91. The van der Waals surface area contributed by atoms with E-state index in [1.165, 1.54) is 0 Å². The first-order valence-corrected chi connectivity index (χ1v) is 6.44. The normalized spacial score (nSPS) is 25.4. The van der Waals surface area contributed by atoms with Crippen molar-refractivity contribution < 1.29 is 9.59 Å². The topological polar surface area (TPSA) is 75.4 Å². The van der Waals surface area contributed by atoms with E-state index in [4.69, 9.17) is 5.73 Å². The molecule has 0 bridgehead atoms. The Morgan fingerprint density at radius 3 is 2.71 bits per heavy atom. The van der Waals surface area contributed by atoms with Crippen molar-refractivity contribution in [3.05, 3.63) is 0 Å². The Hall–Kier alpha value is -1.10. The van der Waals surface area contributed by atoms with Crippen molar-refractivity contribution in [2.45, 2.75) is 25.7 Å². The van der Waals surface area contributed by atoms with E-state index in [1.54, 1.807) is 0 Å². The number of nitrogens with one attached hydrogen (secondary N) is 1. The molecule has 1 unspecified atom stereocenters. The third kappa shape index (κ3) is 3.19. The summed E-state index contributed by atoms with van der Waals surface area (Å²) in [5.74, 6) is 0.683. The summed E-state index contributed by atoms with van der Waals surface area (Å²) in [5, 5.41) is 3.12. The molecule has 0 aliphatic carbocycles. The minimum Gasteiger partial charge on any atom is -0.370 e. The Morgan fingerprint density at radius 2 is 2.12 bits per heavy atom. The van der Waals surface area contributed by atoms with Crippen LogP contribution in [0.25, 0.3) is 0 Å². The van der Waals surface area contributed by atoms with E-state index in [-0.39, 0.29) is 17.7 Å². The Labute approximate surface area is 102 Å². The molecule has 0 aromatic carbocycles. The van der Waals surface area contributed by atoms with Crippen LogP contribution in [-0.2, 0) is 9.59 Å². The molecule has 0 saturated carbocycles. The van der Waals surface area contributed by atoms with Crippen molar-refractivity contribution in [1.82, 2.24) is 10.2 Å². The Bertz CT molecular complexity index is 302. The van der Waals surface area contributed by atoms with Gasteiger partial charge in [0.1, 0.15) is 0 Å². The maximum Gasteiger partial charge on any atom is 0.228 e. The molecule has 0 aromatic rings. The predicted molar refractivity (Wildman–Crippen MR) is 64.1 cm³/mol. The summed E-state index contributed by atoms with van der Waals surface area (Å²) in [6.07, 6.45) is 3.43. The van der Waals surface area contributed by atoms with Crippen LogP contribution < -0.4 is 11.1 Å². The number of hydrogen-bond acceptors (Lipinski definition) is 3. The lowest BCUT2D eigenvalue weighted by Gasteiger charge is -2.37. The highest BCUT2D eigenvalue weighted by atomic mass is 16.2. The number of likely N-dealkylation sites (tertiary alicyclic amines) is 1. The zero-order valence-corrected chi connectivity index (χ0v) is 10.2. The standard InChI is InChI=1S/C12H21N3O2/c13-11(16)4-3-9-2-1-5-15(8-9)12(17)10-6-14-7-10/h9-10,14H,1-8H2,(H2,13,16). The van der Waals surface area contributed by atoms with Crippen molar-refractivity contribution in [2.75, 3.05) is 26.2 Å². The number of nitrogens with zero attached hydrogens (tertiary/aromatic N) is 1. The number of primary amides is 1. The van der Waals surface area contributed by atoms with E-state index >= 15 is 0 Å². The van der Waals surface area contributed by atoms with Crippen LogP contribution in [0.3, 0.4) is 0 Å². The molecule has 2 heterocycles. The van der Waals surface area contributed by atoms with Gasteiger partial charge in [-0.3, -0.25) is 9.59 Å². The van der Waals surface area contributed by atoms with Gasteiger partial charge in [0.25, 0.3) is 0 Å². The monoisotopic (exact) mass is 239 g/mol. The second-order valence-corrected chi connectivity index (χ2v) is 5.15. The molecule has 0 spiro atoms. The van der Waals surface area contributed by atoms with Crippen LogP contribution in [0.2, 0.25) is 0 Å². The molecule has 0 radical (unpaired) electrons. The number of hydrogen-bond donors (Lipinski definition) is 2. The molecule has 17 heavy (non-hydrogen) atoms. The predicted octanol–water partition coefficient (Wildman–Crippen LogP) is -0.290. The molecular formula is C12H21N3O2. The van der Waals surface area contributed by atoms with E-state index in [0.29, 0.717) is 12.3 Å². The van der Waals surface area contributed by atoms with Crippen LogP contribution in [0.15, 0.2) is 0 Å². The summed E-state index contributed by atoms with van der Waals surface area (Å²) >= 11 is 0. The maximum atomic E-state index is 12.1. The van der Waals surface area contributed by atoms with Crippen molar-refractivity contribution >= 4 is 11.8 Å². The second-order valence-electron chi connectivity index (χ2n) is 5.15. The number of carbonyl (C=O) groups is 2. The first kappa shape index (κ1) is 12.4. The summed E-state index contributed by atoms with van der Waals surface area (Å²) in [6, 6.07) is 0. The molecule has 2 saturated heterocycles. The van der Waals surface area contributed by atoms with E-state index in [1.807, 2.05) is 4.90 Å². The van der Waals surface area contributed by atoms with Gasteiger partial charge in [0.15, 0.2) is 0 Å². The van der Waals surface area contributed by atoms with Crippen LogP contribution in [0.4, 0.5) is 0 Å². The number of rotatable bonds is 4. The fourth-order valence-electron chi connectivity index (χ4n) is 2.57. The zero-order chi connectivity index (χ0) is 12.3. The lowest BCUT2D eigenvalue weighted by molar-refractivity contribution is -0.139. The lowest BCUT2D eigenvalue weighted by Crippen LogP contribution is -2.53. The van der Waals surface area contributed by atoms with E-state index in [0.717, 1.165) is 45.4 Å². The Kier molecular flexibility index (Phi) is 3.99. The first-order chi connectivity index (χ1) is 8.16. The zero-order valence-electron chi connectivity index (χ0n) is 10.2. The largest absolute Gasteiger partial charge is 0.370 e. The summed E-state index contributed by atoms with van der Waals surface area (Å²) in [5.41, 5.74) is 5.16. The first-order valence-electron chi connectivity index (χ1n) is 6.44. The molecule has 5 heteroatoms. The smallest absolute Gasteiger partial charge is 0.228 e. The quantitative estimate of drug-likeness (QED) is 0.708. The Balaban J connectivity index is 1.79. The second kappa shape index (κ2) is 5.49. The van der Waals surface area contributed by atoms with Crippen molar-refractivity contribution in [1.29, 1.82) is 0 Å². The van der Waals surface area contributed by atoms with Gasteiger partial charge in [-0.25, -0.2) is 0 Å². The van der Waals surface area contributed by atoms with E-state index in [2.05, 4.69) is 5.32 Å². The molecule has 1 atom stereocenters. The molecule has 96 valence electrons. The molecule has 2 amide bonds. The van der Waals surface area contributed by atoms with Gasteiger partial charge in [-0.15, -0.1) is 0 Å². The molecule has 3 N–H and O–H groups in total. The van der Waals surface area contributed by atoms with Gasteiger partial charge in [0.05, 0.1) is 5.92 Å². The molecule has 0 aromatic heterocycles. The molecule has 2 aliphatic rings. The minimum atomic E-state index is -0.239. The number of piperidine rings is 1. The van der Waals surface area contributed by atoms with Gasteiger partial charge in [-0.1, -0.05) is 0 Å². The van der Waals surface area contributed by atoms with Crippen LogP contribution in [0.5, 0.6) is 0 Å². The molecule has 2 fully saturated rings. The van der Waals surface area contributed by atoms with Gasteiger partial charge < -0.3 is 16.0 Å². The average molecular weight is 239 g/mol. The SMILES string of the molecule is NC(=O)CCC1CCCN(C(=O)C2CNC2)C1. The molecule has 2 aliphatic heterocycles. The van der Waals surface area contributed by atoms with Crippen LogP contribution >= 0.6 is 0 Å². The van der Waals surface area contributed by atoms with Gasteiger partial charge in [0, 0.05) is 32.6 Å². The Morgan fingerprint density at radius 1 is 1.35 bits per heavy atom. The van der Waals surface area contributed by atoms with Gasteiger partial charge in [0.2, 0.25) is 11.8 Å². The highest BCUT2D eigenvalue weighted by Crippen LogP contribution is 2.22. The van der Waals surface area contributed by atoms with Crippen molar-refractivity contribution in [2.24, 2.45) is 17.6 Å². The summed E-state index contributed by atoms with van der Waals surface area (Å²) in [6.45, 7) is 3.33. The third-order valence-electron chi connectivity index (χ3n) is 3.76. The average Bonchev–Trinajstić information content (AvgIpc) is 2.24. The highest BCUT2D eigenvalue weighted by Gasteiger charge is 2.31. The van der Waals surface area contributed by atoms with Gasteiger partial charge in [-0.2, -0.15) is 0 Å². The highest BCUT2D eigenvalue weighted by molar-refractivity contribution is 5.80. The van der Waals surface area contributed by atoms with E-state index in [9.17, 15) is 9.59 Å². The summed E-state index contributed by atoms with van der Waals surface area (Å²) < 4.78 is 0. The fraction of sp³-hybridized carbons (Fsp3) is 0.833. The minimum absolute atomic E-state index is 0.185. The van der Waals surface area contributed by atoms with Gasteiger partial charge >= 0.3 is 0 Å². The van der Waals surface area contributed by atoms with Crippen LogP contribution in [0.1, 0.15) is 25.7 Å². The third-order valence-corrected chi connectivity index (χ3v) is 3.76. The van der Waals surface area contributed by atoms with Gasteiger partial charge in [-0.05, 0) is 25.2 Å². The maximum absolute atomic E-state index is 12.1. The summed E-state index contributed by atoms with van der Waals surface area (Å²) in [4.78, 5) is 24.8. The molecule has 2 rings (SSSR count). The summed E-state index contributed by atoms with van der Waals surface area (Å²) in [7, 11) is 0. The van der Waals surface area contributed by atoms with Crippen LogP contribution in [0, 0.1) is 11.8 Å². The van der Waals surface area contributed by atoms with Crippen LogP contribution in [-0.4, -0.2) is 42.9 Å². The number of amides is 2. The van der Waals surface area contributed by atoms with E-state index < -0.39 is 0 Å². The van der Waals surface area contributed by atoms with Crippen molar-refractivity contribution in [3.63, 3.8) is 0 Å². The molecular weight excluding hydrogens is 218 g/mol. The number of nitrogens with two attached hydrogens (primary N) is 1. The van der Waals surface area contributed by atoms with Crippen molar-refractivity contribution in [3.8, 4) is 0 Å². The molecule has 5 nitrogen and oxygen atoms in total. The fourth-order valence-corrected chi connectivity index (χ4v) is 2.57.